The van der Waals surface area contributed by atoms with Gasteiger partial charge in [-0.15, -0.1) is 0 Å². The largest absolute Gasteiger partial charge is 0.292 e. The van der Waals surface area contributed by atoms with Crippen molar-refractivity contribution in [2.45, 2.75) is 45.6 Å². The first-order valence-electron chi connectivity index (χ1n) is 8.06. The molecule has 0 saturated carbocycles. The third kappa shape index (κ3) is 4.92. The molecule has 0 atom stereocenters. The van der Waals surface area contributed by atoms with Crippen LogP contribution in [0.1, 0.15) is 48.5 Å². The maximum absolute atomic E-state index is 12.3. The summed E-state index contributed by atoms with van der Waals surface area (Å²) in [5, 5.41) is 3.80. The molecule has 0 aliphatic carbocycles. The minimum atomic E-state index is -0.565. The van der Waals surface area contributed by atoms with Crippen LogP contribution in [0.5, 0.6) is 0 Å². The third-order valence-electron chi connectivity index (χ3n) is 3.83. The van der Waals surface area contributed by atoms with Crippen molar-refractivity contribution in [2.75, 3.05) is 0 Å². The van der Waals surface area contributed by atoms with E-state index in [9.17, 15) is 9.59 Å². The highest BCUT2D eigenvalue weighted by atomic mass is 35.5. The number of Topliss-reactive ketones (excluding diaryl/α,β-unsaturated/α-hetero) is 1. The van der Waals surface area contributed by atoms with E-state index in [0.29, 0.717) is 5.56 Å². The number of carbonyl (C=O) groups is 1. The summed E-state index contributed by atoms with van der Waals surface area (Å²) >= 11 is 11.5. The number of ketones is 1. The molecule has 24 heavy (non-hydrogen) atoms. The number of hydrogen-bond acceptors (Lipinski definition) is 3. The molecule has 4 nitrogen and oxygen atoms in total. The molecular formula is C18H20Cl2N2O2. The van der Waals surface area contributed by atoms with Gasteiger partial charge in [-0.25, -0.2) is 4.68 Å². The topological polar surface area (TPSA) is 52.0 Å². The van der Waals surface area contributed by atoms with Crippen LogP contribution in [0, 0.1) is 0 Å². The van der Waals surface area contributed by atoms with Crippen molar-refractivity contribution in [3.63, 3.8) is 0 Å². The van der Waals surface area contributed by atoms with Gasteiger partial charge in [-0.3, -0.25) is 9.59 Å². The van der Waals surface area contributed by atoms with E-state index in [1.54, 1.807) is 12.1 Å². The molecule has 0 fully saturated rings. The number of nitrogens with zero attached hydrogens (tertiary/aromatic N) is 2. The second-order valence-corrected chi connectivity index (χ2v) is 6.49. The number of rotatable bonds is 8. The van der Waals surface area contributed by atoms with Crippen molar-refractivity contribution in [3.05, 3.63) is 62.0 Å². The first kappa shape index (κ1) is 18.7. The quantitative estimate of drug-likeness (QED) is 0.508. The molecule has 1 aromatic carbocycles. The molecule has 1 heterocycles. The van der Waals surface area contributed by atoms with Crippen LogP contribution in [0.2, 0.25) is 10.0 Å². The second kappa shape index (κ2) is 9.00. The highest BCUT2D eigenvalue weighted by molar-refractivity contribution is 6.41. The summed E-state index contributed by atoms with van der Waals surface area (Å²) < 4.78 is 1.02. The van der Waals surface area contributed by atoms with E-state index < -0.39 is 5.56 Å². The zero-order valence-corrected chi connectivity index (χ0v) is 15.1. The maximum atomic E-state index is 12.3. The summed E-state index contributed by atoms with van der Waals surface area (Å²) in [6.45, 7) is 2.03. The van der Waals surface area contributed by atoms with Crippen LogP contribution in [0.15, 0.2) is 35.3 Å². The first-order valence-corrected chi connectivity index (χ1v) is 8.81. The van der Waals surface area contributed by atoms with Crippen molar-refractivity contribution >= 4 is 29.0 Å². The van der Waals surface area contributed by atoms with Crippen LogP contribution in [0.25, 0.3) is 0 Å². The number of carbonyl (C=O) groups excluding carboxylic acids is 1. The summed E-state index contributed by atoms with van der Waals surface area (Å²) in [6, 6.07) is 7.51. The van der Waals surface area contributed by atoms with E-state index in [4.69, 9.17) is 23.2 Å². The molecule has 0 N–H and O–H groups in total. The Kier molecular flexibility index (Phi) is 7.00. The van der Waals surface area contributed by atoms with Crippen LogP contribution in [0.4, 0.5) is 0 Å². The van der Waals surface area contributed by atoms with Gasteiger partial charge in [0.25, 0.3) is 5.56 Å². The summed E-state index contributed by atoms with van der Waals surface area (Å²) in [6.07, 6.45) is 7.13. The smallest absolute Gasteiger partial charge is 0.287 e. The molecule has 1 aromatic heterocycles. The minimum absolute atomic E-state index is 0.0813. The lowest BCUT2D eigenvalue weighted by Gasteiger charge is -2.06. The molecule has 0 aliphatic heterocycles. The number of aromatic nitrogens is 2. The Hall–Kier alpha value is -1.65. The lowest BCUT2D eigenvalue weighted by Crippen LogP contribution is -2.27. The Morgan fingerprint density at radius 1 is 1.12 bits per heavy atom. The summed E-state index contributed by atoms with van der Waals surface area (Å²) in [5.74, 6) is -0.194. The van der Waals surface area contributed by atoms with E-state index in [1.165, 1.54) is 31.0 Å². The molecule has 0 aliphatic rings. The van der Waals surface area contributed by atoms with Gasteiger partial charge in [0.1, 0.15) is 11.6 Å². The van der Waals surface area contributed by atoms with Gasteiger partial charge in [-0.2, -0.15) is 5.10 Å². The predicted molar refractivity (Wildman–Crippen MR) is 97.1 cm³/mol. The molecule has 6 heteroatoms. The average Bonchev–Trinajstić information content (AvgIpc) is 2.59. The van der Waals surface area contributed by atoms with Crippen molar-refractivity contribution in [3.8, 4) is 0 Å². The lowest BCUT2D eigenvalue weighted by atomic mass is 10.0. The fourth-order valence-corrected chi connectivity index (χ4v) is 2.67. The zero-order valence-electron chi connectivity index (χ0n) is 13.6. The van der Waals surface area contributed by atoms with Gasteiger partial charge >= 0.3 is 0 Å². The van der Waals surface area contributed by atoms with Gasteiger partial charge in [0.2, 0.25) is 0 Å². The van der Waals surface area contributed by atoms with E-state index in [0.717, 1.165) is 17.5 Å². The monoisotopic (exact) mass is 366 g/mol. The van der Waals surface area contributed by atoms with E-state index in [-0.39, 0.29) is 22.4 Å². The van der Waals surface area contributed by atoms with Crippen LogP contribution >= 0.6 is 23.2 Å². The summed E-state index contributed by atoms with van der Waals surface area (Å²) in [4.78, 5) is 24.2. The molecular weight excluding hydrogens is 347 g/mol. The number of halogens is 2. The first-order chi connectivity index (χ1) is 11.5. The number of aryl methyl sites for hydroxylation is 1. The molecule has 0 radical (unpaired) electrons. The van der Waals surface area contributed by atoms with Crippen molar-refractivity contribution in [1.29, 1.82) is 0 Å². The normalized spacial score (nSPS) is 10.8. The van der Waals surface area contributed by atoms with Gasteiger partial charge in [0.05, 0.1) is 11.2 Å². The minimum Gasteiger partial charge on any atom is -0.292 e. The van der Waals surface area contributed by atoms with E-state index in [1.807, 2.05) is 12.1 Å². The van der Waals surface area contributed by atoms with Crippen LogP contribution in [-0.4, -0.2) is 15.6 Å². The Labute approximate surface area is 151 Å². The fourth-order valence-electron chi connectivity index (χ4n) is 2.40. The van der Waals surface area contributed by atoms with Crippen molar-refractivity contribution in [2.24, 2.45) is 0 Å². The van der Waals surface area contributed by atoms with E-state index in [2.05, 4.69) is 12.0 Å². The number of benzene rings is 1. The van der Waals surface area contributed by atoms with Crippen LogP contribution < -0.4 is 5.56 Å². The molecule has 0 unspecified atom stereocenters. The van der Waals surface area contributed by atoms with Gasteiger partial charge in [-0.1, -0.05) is 73.7 Å². The van der Waals surface area contributed by atoms with E-state index >= 15 is 0 Å². The fraction of sp³-hybridized carbons (Fsp3) is 0.389. The Morgan fingerprint density at radius 3 is 2.50 bits per heavy atom. The van der Waals surface area contributed by atoms with Gasteiger partial charge < -0.3 is 0 Å². The molecule has 0 amide bonds. The zero-order chi connectivity index (χ0) is 17.5. The highest BCUT2D eigenvalue weighted by Gasteiger charge is 2.12. The number of hydrogen-bond donors (Lipinski definition) is 0. The Balaban J connectivity index is 2.00. The summed E-state index contributed by atoms with van der Waals surface area (Å²) in [5.41, 5.74) is 1.20. The lowest BCUT2D eigenvalue weighted by molar-refractivity contribution is 0.0965. The SMILES string of the molecule is CCCCCCc1ccc(C(=O)Cn2ncc(Cl)c(Cl)c2=O)cc1. The van der Waals surface area contributed by atoms with Gasteiger partial charge in [0.15, 0.2) is 5.78 Å². The predicted octanol–water partition coefficient (Wildman–Crippen LogP) is 4.56. The Bertz CT molecular complexity index is 755. The standard InChI is InChI=1S/C18H20Cl2N2O2/c1-2-3-4-5-6-13-7-9-14(10-8-13)16(23)12-22-18(24)17(20)15(19)11-21-22/h7-11H,2-6,12H2,1H3. The van der Waals surface area contributed by atoms with Crippen LogP contribution in [0.3, 0.4) is 0 Å². The van der Waals surface area contributed by atoms with Crippen LogP contribution in [-0.2, 0) is 13.0 Å². The van der Waals surface area contributed by atoms with Crippen molar-refractivity contribution in [1.82, 2.24) is 9.78 Å². The molecule has 2 rings (SSSR count). The molecule has 128 valence electrons. The summed E-state index contributed by atoms with van der Waals surface area (Å²) in [7, 11) is 0. The molecule has 0 spiro atoms. The average molecular weight is 367 g/mol. The molecule has 2 aromatic rings. The highest BCUT2D eigenvalue weighted by Crippen LogP contribution is 2.15. The molecule has 0 saturated heterocycles. The Morgan fingerprint density at radius 2 is 1.83 bits per heavy atom. The molecule has 0 bridgehead atoms. The number of unbranched alkanes of at least 4 members (excludes halogenated alkanes) is 3. The third-order valence-corrected chi connectivity index (χ3v) is 4.58. The van der Waals surface area contributed by atoms with Crippen molar-refractivity contribution < 1.29 is 4.79 Å². The second-order valence-electron chi connectivity index (χ2n) is 5.70. The maximum Gasteiger partial charge on any atom is 0.287 e. The van der Waals surface area contributed by atoms with Gasteiger partial charge in [-0.05, 0) is 18.4 Å². The van der Waals surface area contributed by atoms with Gasteiger partial charge in [0, 0.05) is 5.56 Å².